The van der Waals surface area contributed by atoms with Crippen LogP contribution in [0.1, 0.15) is 12.5 Å². The Morgan fingerprint density at radius 1 is 1.15 bits per heavy atom. The number of rotatable bonds is 5. The standard InChI is InChI=1S/C20H20N2O4S/c1-4-22-19(24)18(11-13-8-9-16(25-2)17(10-13)26-3)27-20(22)21-14-6-5-7-15(23)12-14/h5-12,23H,4H2,1-3H3/b18-11-,21-20?. The molecule has 1 fully saturated rings. The first kappa shape index (κ1) is 18.8. The molecule has 1 heterocycles. The van der Waals surface area contributed by atoms with Gasteiger partial charge in [0.1, 0.15) is 5.75 Å². The van der Waals surface area contributed by atoms with E-state index in [2.05, 4.69) is 4.99 Å². The normalized spacial score (nSPS) is 17.0. The molecule has 1 aliphatic rings. The fraction of sp³-hybridized carbons (Fsp3) is 0.200. The number of amidine groups is 1. The van der Waals surface area contributed by atoms with E-state index >= 15 is 0 Å². The number of carbonyl (C=O) groups excluding carboxylic acids is 1. The van der Waals surface area contributed by atoms with Crippen LogP contribution in [0.15, 0.2) is 52.4 Å². The van der Waals surface area contributed by atoms with Gasteiger partial charge in [0, 0.05) is 12.6 Å². The van der Waals surface area contributed by atoms with Crippen molar-refractivity contribution >= 4 is 34.6 Å². The zero-order valence-corrected chi connectivity index (χ0v) is 16.1. The summed E-state index contributed by atoms with van der Waals surface area (Å²) in [7, 11) is 3.15. The van der Waals surface area contributed by atoms with Gasteiger partial charge in [0.05, 0.1) is 24.8 Å². The Morgan fingerprint density at radius 3 is 2.59 bits per heavy atom. The average molecular weight is 384 g/mol. The van der Waals surface area contributed by atoms with E-state index in [0.29, 0.717) is 33.8 Å². The molecular formula is C20H20N2O4S. The molecule has 6 nitrogen and oxygen atoms in total. The molecule has 0 saturated carbocycles. The number of methoxy groups -OCH3 is 2. The topological polar surface area (TPSA) is 71.4 Å². The third-order valence-electron chi connectivity index (χ3n) is 3.96. The molecule has 3 rings (SSSR count). The number of amides is 1. The molecule has 1 saturated heterocycles. The summed E-state index contributed by atoms with van der Waals surface area (Å²) in [6.07, 6.45) is 1.81. The van der Waals surface area contributed by atoms with Crippen LogP contribution in [0.5, 0.6) is 17.2 Å². The van der Waals surface area contributed by atoms with E-state index in [9.17, 15) is 9.90 Å². The smallest absolute Gasteiger partial charge is 0.266 e. The van der Waals surface area contributed by atoms with E-state index in [0.717, 1.165) is 5.56 Å². The lowest BCUT2D eigenvalue weighted by atomic mass is 10.2. The second kappa shape index (κ2) is 8.18. The monoisotopic (exact) mass is 384 g/mol. The largest absolute Gasteiger partial charge is 0.508 e. The van der Waals surface area contributed by atoms with Crippen molar-refractivity contribution in [2.45, 2.75) is 6.92 Å². The zero-order chi connectivity index (χ0) is 19.4. The lowest BCUT2D eigenvalue weighted by molar-refractivity contribution is -0.122. The number of likely N-dealkylation sites (N-methyl/N-ethyl adjacent to an activating group) is 1. The SMILES string of the molecule is CCN1C(=O)/C(=C/c2ccc(OC)c(OC)c2)SC1=Nc1cccc(O)c1. The van der Waals surface area contributed by atoms with Gasteiger partial charge >= 0.3 is 0 Å². The highest BCUT2D eigenvalue weighted by molar-refractivity contribution is 8.18. The maximum Gasteiger partial charge on any atom is 0.266 e. The van der Waals surface area contributed by atoms with Crippen molar-refractivity contribution in [2.75, 3.05) is 20.8 Å². The highest BCUT2D eigenvalue weighted by Crippen LogP contribution is 2.36. The highest BCUT2D eigenvalue weighted by atomic mass is 32.2. The minimum atomic E-state index is -0.101. The van der Waals surface area contributed by atoms with Crippen molar-refractivity contribution in [1.29, 1.82) is 0 Å². The van der Waals surface area contributed by atoms with Crippen molar-refractivity contribution in [1.82, 2.24) is 4.90 Å². The van der Waals surface area contributed by atoms with Gasteiger partial charge in [-0.05, 0) is 54.6 Å². The maximum absolute atomic E-state index is 12.7. The number of ether oxygens (including phenoxy) is 2. The summed E-state index contributed by atoms with van der Waals surface area (Å²) in [4.78, 5) is 19.4. The average Bonchev–Trinajstić information content (AvgIpc) is 2.95. The number of carbonyl (C=O) groups is 1. The first-order valence-electron chi connectivity index (χ1n) is 8.37. The minimum Gasteiger partial charge on any atom is -0.508 e. The van der Waals surface area contributed by atoms with Crippen molar-refractivity contribution in [2.24, 2.45) is 4.99 Å². The molecule has 0 aromatic heterocycles. The molecule has 2 aromatic carbocycles. The second-order valence-corrected chi connectivity index (χ2v) is 6.70. The number of aromatic hydroxyl groups is 1. The van der Waals surface area contributed by atoms with Crippen LogP contribution in [0.3, 0.4) is 0 Å². The first-order chi connectivity index (χ1) is 13.0. The van der Waals surface area contributed by atoms with Crippen molar-refractivity contribution in [3.63, 3.8) is 0 Å². The van der Waals surface area contributed by atoms with E-state index in [-0.39, 0.29) is 11.7 Å². The Bertz CT molecular complexity index is 924. The molecule has 140 valence electrons. The Labute approximate surface area is 162 Å². The summed E-state index contributed by atoms with van der Waals surface area (Å²) in [6, 6.07) is 12.1. The van der Waals surface area contributed by atoms with Crippen LogP contribution in [0.25, 0.3) is 6.08 Å². The second-order valence-electron chi connectivity index (χ2n) is 5.69. The molecular weight excluding hydrogens is 364 g/mol. The third kappa shape index (κ3) is 4.09. The predicted octanol–water partition coefficient (Wildman–Crippen LogP) is 4.03. The van der Waals surface area contributed by atoms with Gasteiger partial charge in [-0.1, -0.05) is 12.1 Å². The molecule has 7 heteroatoms. The van der Waals surface area contributed by atoms with E-state index in [4.69, 9.17) is 9.47 Å². The lowest BCUT2D eigenvalue weighted by Crippen LogP contribution is -2.28. The van der Waals surface area contributed by atoms with Crippen LogP contribution in [0, 0.1) is 0 Å². The molecule has 0 spiro atoms. The van der Waals surface area contributed by atoms with E-state index in [1.54, 1.807) is 49.5 Å². The maximum atomic E-state index is 12.7. The number of benzene rings is 2. The van der Waals surface area contributed by atoms with Crippen molar-refractivity contribution < 1.29 is 19.4 Å². The predicted molar refractivity (Wildman–Crippen MR) is 108 cm³/mol. The Kier molecular flexibility index (Phi) is 5.71. The van der Waals surface area contributed by atoms with Crippen LogP contribution in [0.4, 0.5) is 5.69 Å². The van der Waals surface area contributed by atoms with Crippen LogP contribution >= 0.6 is 11.8 Å². The Balaban J connectivity index is 1.93. The van der Waals surface area contributed by atoms with Crippen LogP contribution in [0.2, 0.25) is 0 Å². The number of hydrogen-bond donors (Lipinski definition) is 1. The van der Waals surface area contributed by atoms with Gasteiger partial charge in [-0.15, -0.1) is 0 Å². The summed E-state index contributed by atoms with van der Waals surface area (Å²) in [5.41, 5.74) is 1.43. The molecule has 0 atom stereocenters. The van der Waals surface area contributed by atoms with E-state index in [1.807, 2.05) is 25.1 Å². The molecule has 1 aliphatic heterocycles. The number of aliphatic imine (C=N–C) groups is 1. The van der Waals surface area contributed by atoms with Gasteiger partial charge in [0.25, 0.3) is 5.91 Å². The zero-order valence-electron chi connectivity index (χ0n) is 15.3. The summed E-state index contributed by atoms with van der Waals surface area (Å²) in [5.74, 6) is 1.26. The molecule has 0 radical (unpaired) electrons. The molecule has 27 heavy (non-hydrogen) atoms. The van der Waals surface area contributed by atoms with E-state index in [1.165, 1.54) is 11.8 Å². The number of nitrogens with zero attached hydrogens (tertiary/aromatic N) is 2. The molecule has 1 N–H and O–H groups in total. The van der Waals surface area contributed by atoms with Crippen LogP contribution in [-0.4, -0.2) is 41.8 Å². The number of thioether (sulfide) groups is 1. The van der Waals surface area contributed by atoms with Gasteiger partial charge in [-0.25, -0.2) is 4.99 Å². The van der Waals surface area contributed by atoms with Gasteiger partial charge < -0.3 is 14.6 Å². The Hall–Kier alpha value is -2.93. The van der Waals surface area contributed by atoms with Crippen LogP contribution in [-0.2, 0) is 4.79 Å². The summed E-state index contributed by atoms with van der Waals surface area (Å²) < 4.78 is 10.6. The number of phenols is 1. The third-order valence-corrected chi connectivity index (χ3v) is 4.97. The van der Waals surface area contributed by atoms with Gasteiger partial charge in [-0.2, -0.15) is 0 Å². The summed E-state index contributed by atoms with van der Waals surface area (Å²) in [5, 5.41) is 10.2. The molecule has 1 amide bonds. The van der Waals surface area contributed by atoms with Crippen molar-refractivity contribution in [3.05, 3.63) is 52.9 Å². The fourth-order valence-electron chi connectivity index (χ4n) is 2.64. The van der Waals surface area contributed by atoms with E-state index < -0.39 is 0 Å². The van der Waals surface area contributed by atoms with Gasteiger partial charge in [0.2, 0.25) is 0 Å². The first-order valence-corrected chi connectivity index (χ1v) is 9.18. The fourth-order valence-corrected chi connectivity index (χ4v) is 3.70. The molecule has 2 aromatic rings. The number of phenolic OH excluding ortho intramolecular Hbond substituents is 1. The minimum absolute atomic E-state index is 0.101. The lowest BCUT2D eigenvalue weighted by Gasteiger charge is -2.12. The molecule has 0 bridgehead atoms. The molecule has 0 aliphatic carbocycles. The number of hydrogen-bond acceptors (Lipinski definition) is 6. The highest BCUT2D eigenvalue weighted by Gasteiger charge is 2.32. The van der Waals surface area contributed by atoms with Gasteiger partial charge in [-0.3, -0.25) is 9.69 Å². The summed E-state index contributed by atoms with van der Waals surface area (Å²) >= 11 is 1.30. The van der Waals surface area contributed by atoms with Crippen molar-refractivity contribution in [3.8, 4) is 17.2 Å². The summed E-state index contributed by atoms with van der Waals surface area (Å²) in [6.45, 7) is 2.41. The Morgan fingerprint density at radius 2 is 1.93 bits per heavy atom. The molecule has 0 unspecified atom stereocenters. The quantitative estimate of drug-likeness (QED) is 0.788. The van der Waals surface area contributed by atoms with Gasteiger partial charge in [0.15, 0.2) is 16.7 Å². The van der Waals surface area contributed by atoms with Crippen LogP contribution < -0.4 is 9.47 Å².